The van der Waals surface area contributed by atoms with E-state index in [0.29, 0.717) is 17.1 Å². The van der Waals surface area contributed by atoms with E-state index >= 15 is 0 Å². The number of sulfone groups is 1. The molecule has 0 atom stereocenters. The Morgan fingerprint density at radius 3 is 2.33 bits per heavy atom. The summed E-state index contributed by atoms with van der Waals surface area (Å²) in [6.07, 6.45) is 1.02. The fourth-order valence-corrected chi connectivity index (χ4v) is 3.74. The van der Waals surface area contributed by atoms with Gasteiger partial charge in [0.05, 0.1) is 0 Å². The normalized spacial score (nSPS) is 12.6. The number of nitrogens with zero attached hydrogens (tertiary/aromatic N) is 2. The van der Waals surface area contributed by atoms with Crippen molar-refractivity contribution in [3.05, 3.63) is 59.2 Å². The lowest BCUT2D eigenvalue weighted by Crippen LogP contribution is -2.07. The van der Waals surface area contributed by atoms with Crippen LogP contribution in [0.25, 0.3) is 27.7 Å². The van der Waals surface area contributed by atoms with Gasteiger partial charge in [0.1, 0.15) is 17.6 Å². The average Bonchev–Trinajstić information content (AvgIpc) is 3.10. The lowest BCUT2D eigenvalue weighted by Gasteiger charge is -2.13. The number of nitriles is 1. The van der Waals surface area contributed by atoms with E-state index in [1.165, 1.54) is 0 Å². The summed E-state index contributed by atoms with van der Waals surface area (Å²) in [6.45, 7) is 1.57. The minimum Gasteiger partial charge on any atom is -0.456 e. The molecule has 0 amide bonds. The summed E-state index contributed by atoms with van der Waals surface area (Å²) in [5.74, 6) is 0.990. The maximum Gasteiger partial charge on any atom is 0.185 e. The molecular formula is C21H20N2O3S. The zero-order valence-corrected chi connectivity index (χ0v) is 16.5. The van der Waals surface area contributed by atoms with E-state index in [0.717, 1.165) is 28.3 Å². The quantitative estimate of drug-likeness (QED) is 0.625. The van der Waals surface area contributed by atoms with Gasteiger partial charge in [-0.05, 0) is 48.0 Å². The molecular weight excluding hydrogens is 360 g/mol. The van der Waals surface area contributed by atoms with Crippen LogP contribution in [0.1, 0.15) is 12.7 Å². The lowest BCUT2D eigenvalue weighted by atomic mass is 10.0. The molecule has 0 aliphatic heterocycles. The van der Waals surface area contributed by atoms with Gasteiger partial charge in [-0.1, -0.05) is 18.2 Å². The van der Waals surface area contributed by atoms with Gasteiger partial charge in [-0.2, -0.15) is 5.26 Å². The summed E-state index contributed by atoms with van der Waals surface area (Å²) in [7, 11) is 0.400. The van der Waals surface area contributed by atoms with E-state index < -0.39 is 9.84 Å². The fourth-order valence-electron chi connectivity index (χ4n) is 2.92. The molecule has 0 bridgehead atoms. The van der Waals surface area contributed by atoms with Crippen molar-refractivity contribution in [2.24, 2.45) is 0 Å². The summed E-state index contributed by atoms with van der Waals surface area (Å²) < 4.78 is 29.3. The predicted octanol–water partition coefficient (Wildman–Crippen LogP) is 4.46. The van der Waals surface area contributed by atoms with Crippen LogP contribution in [0.5, 0.6) is 0 Å². The Morgan fingerprint density at radius 2 is 1.70 bits per heavy atom. The largest absolute Gasteiger partial charge is 0.456 e. The van der Waals surface area contributed by atoms with Crippen LogP contribution in [0, 0.1) is 11.3 Å². The minimum absolute atomic E-state index is 0.280. The highest BCUT2D eigenvalue weighted by atomic mass is 32.2. The molecule has 6 heteroatoms. The Balaban J connectivity index is 2.03. The smallest absolute Gasteiger partial charge is 0.185 e. The number of hydrogen-bond donors (Lipinski definition) is 0. The van der Waals surface area contributed by atoms with Gasteiger partial charge >= 0.3 is 0 Å². The van der Waals surface area contributed by atoms with E-state index in [2.05, 4.69) is 23.1 Å². The molecule has 138 valence electrons. The van der Waals surface area contributed by atoms with Crippen LogP contribution in [0.15, 0.2) is 57.9 Å². The molecule has 0 N–H and O–H groups in total. The first-order chi connectivity index (χ1) is 12.7. The molecule has 2 aromatic carbocycles. The van der Waals surface area contributed by atoms with Crippen molar-refractivity contribution in [2.75, 3.05) is 25.3 Å². The van der Waals surface area contributed by atoms with Crippen molar-refractivity contribution in [2.45, 2.75) is 6.92 Å². The third-order valence-corrected chi connectivity index (χ3v) is 5.55. The van der Waals surface area contributed by atoms with Gasteiger partial charge in [0.2, 0.25) is 0 Å². The van der Waals surface area contributed by atoms with Gasteiger partial charge < -0.3 is 9.32 Å². The van der Waals surface area contributed by atoms with Gasteiger partial charge in [-0.3, -0.25) is 0 Å². The molecule has 0 spiro atoms. The van der Waals surface area contributed by atoms with E-state index in [-0.39, 0.29) is 4.91 Å². The van der Waals surface area contributed by atoms with Crippen LogP contribution in [-0.2, 0) is 9.84 Å². The first kappa shape index (κ1) is 18.7. The Bertz CT molecular complexity index is 1200. The zero-order valence-electron chi connectivity index (χ0n) is 15.6. The van der Waals surface area contributed by atoms with Crippen LogP contribution < -0.4 is 4.90 Å². The fraction of sp³-hybridized carbons (Fsp3) is 0.190. The van der Waals surface area contributed by atoms with Crippen LogP contribution >= 0.6 is 0 Å². The molecule has 0 aliphatic carbocycles. The predicted molar refractivity (Wildman–Crippen MR) is 109 cm³/mol. The molecule has 1 aromatic heterocycles. The van der Waals surface area contributed by atoms with Crippen molar-refractivity contribution >= 4 is 31.9 Å². The van der Waals surface area contributed by atoms with Crippen molar-refractivity contribution in [1.82, 2.24) is 0 Å². The molecule has 1 heterocycles. The Labute approximate surface area is 159 Å². The van der Waals surface area contributed by atoms with Gasteiger partial charge in [-0.25, -0.2) is 8.42 Å². The average molecular weight is 380 g/mol. The van der Waals surface area contributed by atoms with Crippen LogP contribution in [0.4, 0.5) is 5.69 Å². The van der Waals surface area contributed by atoms with Crippen molar-refractivity contribution in [3.63, 3.8) is 0 Å². The summed E-state index contributed by atoms with van der Waals surface area (Å²) in [6, 6.07) is 17.5. The summed E-state index contributed by atoms with van der Waals surface area (Å²) in [5.41, 5.74) is 2.32. The van der Waals surface area contributed by atoms with Gasteiger partial charge in [0, 0.05) is 37.2 Å². The second-order valence-corrected chi connectivity index (χ2v) is 8.60. The Kier molecular flexibility index (Phi) is 4.81. The second-order valence-electron chi connectivity index (χ2n) is 6.64. The number of furan rings is 1. The minimum atomic E-state index is -3.60. The second kappa shape index (κ2) is 6.93. The van der Waals surface area contributed by atoms with E-state index in [1.807, 2.05) is 32.3 Å². The standard InChI is InChI=1S/C21H20N2O3S/c1-14(21(13-22)27(4,24)25)19-9-10-20(26-19)17-6-5-16-12-18(23(2)3)8-7-15(16)11-17/h5-12H,1-4H3. The third kappa shape index (κ3) is 3.74. The highest BCUT2D eigenvalue weighted by molar-refractivity contribution is 7.95. The van der Waals surface area contributed by atoms with Crippen molar-refractivity contribution in [1.29, 1.82) is 5.26 Å². The third-order valence-electron chi connectivity index (χ3n) is 4.41. The molecule has 0 saturated heterocycles. The van der Waals surface area contributed by atoms with Crippen LogP contribution in [-0.4, -0.2) is 28.8 Å². The van der Waals surface area contributed by atoms with Gasteiger partial charge in [-0.15, -0.1) is 0 Å². The summed E-state index contributed by atoms with van der Waals surface area (Å²) >= 11 is 0. The Morgan fingerprint density at radius 1 is 1.04 bits per heavy atom. The number of allylic oxidation sites excluding steroid dienone is 2. The molecule has 0 fully saturated rings. The summed E-state index contributed by atoms with van der Waals surface area (Å²) in [4.78, 5) is 1.77. The van der Waals surface area contributed by atoms with Crippen LogP contribution in [0.2, 0.25) is 0 Å². The number of anilines is 1. The number of benzene rings is 2. The van der Waals surface area contributed by atoms with E-state index in [4.69, 9.17) is 9.68 Å². The SMILES string of the molecule is CC(=C(C#N)S(C)(=O)=O)c1ccc(-c2ccc3cc(N(C)C)ccc3c2)o1. The molecule has 0 aliphatic rings. The monoisotopic (exact) mass is 380 g/mol. The topological polar surface area (TPSA) is 74.3 Å². The first-order valence-electron chi connectivity index (χ1n) is 8.33. The van der Waals surface area contributed by atoms with Crippen molar-refractivity contribution < 1.29 is 12.8 Å². The molecule has 0 radical (unpaired) electrons. The zero-order chi connectivity index (χ0) is 19.8. The number of rotatable bonds is 4. The van der Waals surface area contributed by atoms with Crippen molar-refractivity contribution in [3.8, 4) is 17.4 Å². The highest BCUT2D eigenvalue weighted by Crippen LogP contribution is 2.31. The van der Waals surface area contributed by atoms with Gasteiger partial charge in [0.25, 0.3) is 0 Å². The maximum atomic E-state index is 11.8. The highest BCUT2D eigenvalue weighted by Gasteiger charge is 2.18. The van der Waals surface area contributed by atoms with Crippen LogP contribution in [0.3, 0.4) is 0 Å². The number of fused-ring (bicyclic) bond motifs is 1. The maximum absolute atomic E-state index is 11.8. The molecule has 0 unspecified atom stereocenters. The lowest BCUT2D eigenvalue weighted by molar-refractivity contribution is 0.567. The number of hydrogen-bond acceptors (Lipinski definition) is 5. The van der Waals surface area contributed by atoms with E-state index in [9.17, 15) is 8.42 Å². The van der Waals surface area contributed by atoms with Gasteiger partial charge in [0.15, 0.2) is 14.7 Å². The molecule has 27 heavy (non-hydrogen) atoms. The Hall–Kier alpha value is -3.04. The molecule has 5 nitrogen and oxygen atoms in total. The molecule has 3 aromatic rings. The molecule has 0 saturated carbocycles. The summed E-state index contributed by atoms with van der Waals surface area (Å²) in [5, 5.41) is 11.4. The first-order valence-corrected chi connectivity index (χ1v) is 10.2. The van der Waals surface area contributed by atoms with E-state index in [1.54, 1.807) is 25.1 Å². The molecule has 3 rings (SSSR count).